The summed E-state index contributed by atoms with van der Waals surface area (Å²) in [4.78, 5) is 24.1. The number of fused-ring (bicyclic) bond motifs is 1. The number of nitro groups is 1. The largest absolute Gasteiger partial charge is 0.497 e. The third-order valence-corrected chi connectivity index (χ3v) is 4.50. The predicted octanol–water partition coefficient (Wildman–Crippen LogP) is 5.25. The van der Waals surface area contributed by atoms with E-state index in [2.05, 4.69) is 0 Å². The molecule has 4 aromatic rings. The van der Waals surface area contributed by atoms with Crippen LogP contribution < -0.4 is 4.74 Å². The molecule has 1 heterocycles. The lowest BCUT2D eigenvalue weighted by molar-refractivity contribution is -0.384. The Hall–Kier alpha value is -3.93. The molecule has 138 valence electrons. The minimum Gasteiger partial charge on any atom is -0.497 e. The van der Waals surface area contributed by atoms with Crippen molar-refractivity contribution >= 4 is 22.4 Å². The number of hydrogen-bond acceptors (Lipinski definition) is 5. The van der Waals surface area contributed by atoms with Gasteiger partial charge in [-0.25, -0.2) is 0 Å². The monoisotopic (exact) mass is 373 g/mol. The Balaban J connectivity index is 1.95. The summed E-state index contributed by atoms with van der Waals surface area (Å²) in [7, 11) is 1.55. The minimum atomic E-state index is -0.490. The fourth-order valence-electron chi connectivity index (χ4n) is 3.10. The van der Waals surface area contributed by atoms with Crippen molar-refractivity contribution in [2.24, 2.45) is 0 Å². The molecule has 0 radical (unpaired) electrons. The molecule has 0 aliphatic rings. The molecule has 0 atom stereocenters. The number of non-ortho nitro benzene ring substituents is 1. The van der Waals surface area contributed by atoms with Gasteiger partial charge in [0.05, 0.1) is 17.6 Å². The predicted molar refractivity (Wildman–Crippen MR) is 105 cm³/mol. The van der Waals surface area contributed by atoms with Crippen molar-refractivity contribution in [1.29, 1.82) is 0 Å². The Morgan fingerprint density at radius 1 is 1.00 bits per heavy atom. The molecule has 0 aliphatic heterocycles. The highest BCUT2D eigenvalue weighted by Gasteiger charge is 2.24. The van der Waals surface area contributed by atoms with Gasteiger partial charge in [0.15, 0.2) is 5.78 Å². The van der Waals surface area contributed by atoms with E-state index in [0.717, 1.165) is 5.56 Å². The molecule has 6 heteroatoms. The summed E-state index contributed by atoms with van der Waals surface area (Å²) in [5, 5.41) is 11.6. The summed E-state index contributed by atoms with van der Waals surface area (Å²) in [6.07, 6.45) is 0. The lowest BCUT2D eigenvalue weighted by Crippen LogP contribution is -2.02. The van der Waals surface area contributed by atoms with Gasteiger partial charge in [-0.2, -0.15) is 0 Å². The zero-order valence-electron chi connectivity index (χ0n) is 14.9. The van der Waals surface area contributed by atoms with E-state index < -0.39 is 4.92 Å². The lowest BCUT2D eigenvalue weighted by Gasteiger charge is -2.05. The first kappa shape index (κ1) is 17.5. The first-order valence-corrected chi connectivity index (χ1v) is 8.53. The van der Waals surface area contributed by atoms with Crippen LogP contribution in [0.25, 0.3) is 22.3 Å². The van der Waals surface area contributed by atoms with Crippen molar-refractivity contribution in [2.75, 3.05) is 7.11 Å². The summed E-state index contributed by atoms with van der Waals surface area (Å²) in [6.45, 7) is 0. The highest BCUT2D eigenvalue weighted by atomic mass is 16.6. The molecule has 0 spiro atoms. The van der Waals surface area contributed by atoms with E-state index in [1.807, 2.05) is 30.3 Å². The van der Waals surface area contributed by atoms with Crippen LogP contribution in [0, 0.1) is 10.1 Å². The molecule has 0 saturated heterocycles. The summed E-state index contributed by atoms with van der Waals surface area (Å²) in [5.41, 5.74) is 1.78. The third kappa shape index (κ3) is 3.01. The number of rotatable bonds is 5. The molecule has 4 rings (SSSR count). The molecule has 0 fully saturated rings. The standard InChI is InChI=1S/C22H15NO5/c1-27-17-10-7-14(8-11-17)21(24)20-18-13-16(23(25)26)9-12-19(18)28-22(20)15-5-3-2-4-6-15/h2-13H,1H3. The van der Waals surface area contributed by atoms with Crippen LogP contribution in [0.1, 0.15) is 15.9 Å². The second-order valence-electron chi connectivity index (χ2n) is 6.17. The zero-order valence-corrected chi connectivity index (χ0v) is 14.9. The van der Waals surface area contributed by atoms with Crippen molar-refractivity contribution in [3.63, 3.8) is 0 Å². The number of carbonyl (C=O) groups is 1. The van der Waals surface area contributed by atoms with Crippen LogP contribution in [0.3, 0.4) is 0 Å². The molecular formula is C22H15NO5. The Morgan fingerprint density at radius 2 is 1.71 bits per heavy atom. The van der Waals surface area contributed by atoms with Gasteiger partial charge in [-0.05, 0) is 30.3 Å². The Bertz CT molecular complexity index is 1180. The molecule has 3 aromatic carbocycles. The third-order valence-electron chi connectivity index (χ3n) is 4.50. The van der Waals surface area contributed by atoms with Gasteiger partial charge >= 0.3 is 0 Å². The first-order chi connectivity index (χ1) is 13.6. The van der Waals surface area contributed by atoms with E-state index in [9.17, 15) is 14.9 Å². The molecule has 0 amide bonds. The van der Waals surface area contributed by atoms with E-state index >= 15 is 0 Å². The maximum atomic E-state index is 13.3. The number of carbonyl (C=O) groups excluding carboxylic acids is 1. The average molecular weight is 373 g/mol. The second-order valence-corrected chi connectivity index (χ2v) is 6.17. The molecule has 28 heavy (non-hydrogen) atoms. The van der Waals surface area contributed by atoms with E-state index in [-0.39, 0.29) is 11.5 Å². The van der Waals surface area contributed by atoms with Gasteiger partial charge in [0.25, 0.3) is 5.69 Å². The summed E-state index contributed by atoms with van der Waals surface area (Å²) in [5.74, 6) is 0.741. The van der Waals surface area contributed by atoms with Crippen LogP contribution >= 0.6 is 0 Å². The molecular weight excluding hydrogens is 358 g/mol. The highest BCUT2D eigenvalue weighted by molar-refractivity contribution is 6.19. The van der Waals surface area contributed by atoms with Crippen molar-refractivity contribution in [1.82, 2.24) is 0 Å². The minimum absolute atomic E-state index is 0.100. The Kier molecular flexibility index (Phi) is 4.37. The van der Waals surface area contributed by atoms with Crippen LogP contribution in [-0.4, -0.2) is 17.8 Å². The molecule has 0 N–H and O–H groups in total. The fraction of sp³-hybridized carbons (Fsp3) is 0.0455. The van der Waals surface area contributed by atoms with E-state index in [4.69, 9.17) is 9.15 Å². The van der Waals surface area contributed by atoms with E-state index in [0.29, 0.717) is 33.6 Å². The maximum absolute atomic E-state index is 13.3. The SMILES string of the molecule is COc1ccc(C(=O)c2c(-c3ccccc3)oc3ccc([N+](=O)[O-])cc23)cc1. The molecule has 0 unspecified atom stereocenters. The van der Waals surface area contributed by atoms with Gasteiger partial charge in [-0.15, -0.1) is 0 Å². The number of nitrogens with zero attached hydrogens (tertiary/aromatic N) is 1. The lowest BCUT2D eigenvalue weighted by atomic mass is 9.97. The van der Waals surface area contributed by atoms with Gasteiger partial charge < -0.3 is 9.15 Å². The van der Waals surface area contributed by atoms with Gasteiger partial charge in [-0.3, -0.25) is 14.9 Å². The van der Waals surface area contributed by atoms with E-state index in [1.165, 1.54) is 18.2 Å². The number of nitro benzene ring substituents is 1. The van der Waals surface area contributed by atoms with Crippen molar-refractivity contribution in [3.8, 4) is 17.1 Å². The Morgan fingerprint density at radius 3 is 2.36 bits per heavy atom. The van der Waals surface area contributed by atoms with Crippen LogP contribution in [0.4, 0.5) is 5.69 Å². The highest BCUT2D eigenvalue weighted by Crippen LogP contribution is 2.37. The number of furan rings is 1. The van der Waals surface area contributed by atoms with Crippen LogP contribution in [0.5, 0.6) is 5.75 Å². The molecule has 0 bridgehead atoms. The van der Waals surface area contributed by atoms with Gasteiger partial charge in [-0.1, -0.05) is 30.3 Å². The number of ether oxygens (including phenoxy) is 1. The van der Waals surface area contributed by atoms with Crippen LogP contribution in [0.15, 0.2) is 77.2 Å². The van der Waals surface area contributed by atoms with Gasteiger partial charge in [0.1, 0.15) is 17.1 Å². The Labute approximate surface area is 160 Å². The first-order valence-electron chi connectivity index (χ1n) is 8.53. The number of hydrogen-bond donors (Lipinski definition) is 0. The summed E-state index contributed by atoms with van der Waals surface area (Å²) < 4.78 is 11.1. The van der Waals surface area contributed by atoms with Gasteiger partial charge in [0, 0.05) is 28.6 Å². The smallest absolute Gasteiger partial charge is 0.270 e. The molecule has 1 aromatic heterocycles. The molecule has 6 nitrogen and oxygen atoms in total. The fourth-order valence-corrected chi connectivity index (χ4v) is 3.10. The second kappa shape index (κ2) is 7.00. The van der Waals surface area contributed by atoms with Crippen molar-refractivity contribution in [3.05, 3.63) is 94.0 Å². The topological polar surface area (TPSA) is 82.6 Å². The number of methoxy groups -OCH3 is 1. The van der Waals surface area contributed by atoms with Crippen LogP contribution in [-0.2, 0) is 0 Å². The number of benzene rings is 3. The summed E-state index contributed by atoms with van der Waals surface area (Å²) >= 11 is 0. The maximum Gasteiger partial charge on any atom is 0.270 e. The van der Waals surface area contributed by atoms with E-state index in [1.54, 1.807) is 31.4 Å². The van der Waals surface area contributed by atoms with Crippen LogP contribution in [0.2, 0.25) is 0 Å². The quantitative estimate of drug-likeness (QED) is 0.271. The molecule has 0 saturated carbocycles. The van der Waals surface area contributed by atoms with Crippen molar-refractivity contribution in [2.45, 2.75) is 0 Å². The summed E-state index contributed by atoms with van der Waals surface area (Å²) in [6, 6.07) is 20.2. The van der Waals surface area contributed by atoms with Gasteiger partial charge in [0.2, 0.25) is 0 Å². The average Bonchev–Trinajstić information content (AvgIpc) is 3.12. The molecule has 0 aliphatic carbocycles. The normalized spacial score (nSPS) is 10.8. The van der Waals surface area contributed by atoms with Crippen molar-refractivity contribution < 1.29 is 18.9 Å². The zero-order chi connectivity index (χ0) is 19.7. The number of ketones is 1.